The molecule has 0 radical (unpaired) electrons. The quantitative estimate of drug-likeness (QED) is 0.105. The summed E-state index contributed by atoms with van der Waals surface area (Å²) in [5.74, 6) is -3.71. The highest BCUT2D eigenvalue weighted by molar-refractivity contribution is 6.05. The molecule has 298 valence electrons. The van der Waals surface area contributed by atoms with Crippen molar-refractivity contribution in [1.29, 1.82) is 0 Å². The van der Waals surface area contributed by atoms with Crippen molar-refractivity contribution in [2.45, 2.75) is 62.7 Å². The van der Waals surface area contributed by atoms with Gasteiger partial charge < -0.3 is 51.0 Å². The Morgan fingerprint density at radius 1 is 0.877 bits per heavy atom. The lowest BCUT2D eigenvalue weighted by Crippen LogP contribution is -2.55. The first-order chi connectivity index (χ1) is 27.2. The van der Waals surface area contributed by atoms with Crippen molar-refractivity contribution in [1.82, 2.24) is 20.0 Å². The minimum atomic E-state index is -0.959. The minimum absolute atomic E-state index is 0.0329. The molecule has 2 aliphatic rings. The van der Waals surface area contributed by atoms with E-state index in [2.05, 4.69) is 22.4 Å². The monoisotopic (exact) mass is 779 g/mol. The van der Waals surface area contributed by atoms with E-state index >= 15 is 0 Å². The van der Waals surface area contributed by atoms with Crippen LogP contribution >= 0.6 is 0 Å². The molecule has 15 nitrogen and oxygen atoms in total. The van der Waals surface area contributed by atoms with Gasteiger partial charge in [0.1, 0.15) is 28.5 Å². The van der Waals surface area contributed by atoms with Crippen LogP contribution in [0, 0.1) is 0 Å². The molecule has 2 aromatic heterocycles. The number of nitrogens with zero attached hydrogens (tertiary/aromatic N) is 3. The Bertz CT molecular complexity index is 2450. The Morgan fingerprint density at radius 2 is 1.54 bits per heavy atom. The maximum Gasteiger partial charge on any atom is 0.320 e. The van der Waals surface area contributed by atoms with Crippen LogP contribution in [-0.4, -0.2) is 88.4 Å². The van der Waals surface area contributed by atoms with Crippen LogP contribution in [0.5, 0.6) is 28.7 Å². The molecule has 9 N–H and O–H groups in total. The Morgan fingerprint density at radius 3 is 2.21 bits per heavy atom. The third-order valence-corrected chi connectivity index (χ3v) is 10.4. The molecule has 2 aliphatic heterocycles. The number of carbonyl (C=O) groups excluding carboxylic acids is 1. The summed E-state index contributed by atoms with van der Waals surface area (Å²) in [5, 5.41) is 64.8. The average molecular weight is 780 g/mol. The van der Waals surface area contributed by atoms with Crippen LogP contribution in [0.25, 0.3) is 33.2 Å². The van der Waals surface area contributed by atoms with E-state index in [0.717, 1.165) is 53.6 Å². The number of benzene rings is 4. The van der Waals surface area contributed by atoms with E-state index in [4.69, 9.17) is 15.3 Å². The largest absolute Gasteiger partial charge is 0.508 e. The molecule has 4 heterocycles. The van der Waals surface area contributed by atoms with E-state index in [0.29, 0.717) is 24.2 Å². The van der Waals surface area contributed by atoms with Crippen molar-refractivity contribution in [2.75, 3.05) is 7.05 Å². The standard InChI is InChI=1S/C18H24N4O.C15H10O7.C9H11NO2/c1-21-13-6-5-7-14(21)11-12(10-13)19-18(23)17-15-8-3-4-9-16(15)22(2)20-17;16-7-4-10(19)12-11(5-7)22-15(14(21)13(12)20)6-1-2-8(17)9(18)3-6;10-8(9(11)12)6-7-4-2-1-3-5-7/h3-4,8-9,12-14H,5-7,10-11H2,1-2H3,(H,19,23);1-5,16-19,21H;1-5,8H,6,10H2,(H,11,12)/t12-,13+,14-;;. The number of hydrogen-bond acceptors (Lipinski definition) is 12. The van der Waals surface area contributed by atoms with Crippen LogP contribution in [0.3, 0.4) is 0 Å². The number of carboxylic acids is 1. The summed E-state index contributed by atoms with van der Waals surface area (Å²) in [6.45, 7) is 0. The molecule has 6 aromatic rings. The van der Waals surface area contributed by atoms with E-state index in [-0.39, 0.29) is 45.7 Å². The van der Waals surface area contributed by atoms with Crippen molar-refractivity contribution in [3.8, 4) is 40.1 Å². The molecule has 1 amide bonds. The predicted molar refractivity (Wildman–Crippen MR) is 212 cm³/mol. The number of aromatic hydroxyl groups is 5. The van der Waals surface area contributed by atoms with E-state index in [9.17, 15) is 39.9 Å². The average Bonchev–Trinajstić information content (AvgIpc) is 3.51. The van der Waals surface area contributed by atoms with Crippen LogP contribution in [0.4, 0.5) is 0 Å². The first kappa shape index (κ1) is 40.1. The van der Waals surface area contributed by atoms with Gasteiger partial charge in [-0.05, 0) is 69.0 Å². The molecule has 15 heteroatoms. The van der Waals surface area contributed by atoms with E-state index in [1.807, 2.05) is 61.6 Å². The van der Waals surface area contributed by atoms with E-state index in [1.165, 1.54) is 25.3 Å². The van der Waals surface area contributed by atoms with Gasteiger partial charge in [-0.15, -0.1) is 0 Å². The number of piperidine rings is 2. The number of nitrogens with one attached hydrogen (secondary N) is 1. The first-order valence-electron chi connectivity index (χ1n) is 18.4. The Labute approximate surface area is 326 Å². The minimum Gasteiger partial charge on any atom is -0.508 e. The molecule has 4 atom stereocenters. The van der Waals surface area contributed by atoms with Gasteiger partial charge in [0, 0.05) is 48.3 Å². The molecular formula is C42H45N5O10. The van der Waals surface area contributed by atoms with Crippen LogP contribution in [0.1, 0.15) is 48.2 Å². The number of aliphatic carboxylic acids is 1. The molecule has 2 fully saturated rings. The molecule has 2 bridgehead atoms. The highest BCUT2D eigenvalue weighted by atomic mass is 16.4. The number of carbonyl (C=O) groups is 2. The zero-order valence-corrected chi connectivity index (χ0v) is 31.4. The second-order valence-electron chi connectivity index (χ2n) is 14.3. The molecule has 57 heavy (non-hydrogen) atoms. The third kappa shape index (κ3) is 8.95. The fraction of sp³-hybridized carbons (Fsp3) is 0.286. The second kappa shape index (κ2) is 17.1. The van der Waals surface area contributed by atoms with Crippen molar-refractivity contribution in [3.63, 3.8) is 0 Å². The number of para-hydroxylation sites is 1. The number of phenolic OH excluding ortho intramolecular Hbond substituents is 4. The van der Waals surface area contributed by atoms with E-state index in [1.54, 1.807) is 4.68 Å². The van der Waals surface area contributed by atoms with Crippen molar-refractivity contribution in [3.05, 3.63) is 106 Å². The summed E-state index contributed by atoms with van der Waals surface area (Å²) < 4.78 is 7.14. The fourth-order valence-corrected chi connectivity index (χ4v) is 7.46. The molecule has 0 spiro atoms. The number of aryl methyl sites for hydroxylation is 1. The number of fused-ring (bicyclic) bond motifs is 4. The summed E-state index contributed by atoms with van der Waals surface area (Å²) >= 11 is 0. The van der Waals surface area contributed by atoms with Gasteiger partial charge in [0.05, 0.1) is 5.52 Å². The van der Waals surface area contributed by atoms with Gasteiger partial charge in [0.15, 0.2) is 23.0 Å². The number of nitrogens with two attached hydrogens (primary N) is 1. The Kier molecular flexibility index (Phi) is 12.0. The van der Waals surface area contributed by atoms with E-state index < -0.39 is 34.7 Å². The lowest BCUT2D eigenvalue weighted by molar-refractivity contribution is -0.138. The maximum atomic E-state index is 12.7. The van der Waals surface area contributed by atoms with Crippen LogP contribution in [-0.2, 0) is 18.3 Å². The van der Waals surface area contributed by atoms with Crippen molar-refractivity contribution >= 4 is 33.7 Å². The number of aromatic nitrogens is 2. The second-order valence-corrected chi connectivity index (χ2v) is 14.3. The van der Waals surface area contributed by atoms with Gasteiger partial charge >= 0.3 is 5.97 Å². The number of rotatable bonds is 6. The summed E-state index contributed by atoms with van der Waals surface area (Å²) in [6, 6.07) is 23.6. The molecular weight excluding hydrogens is 734 g/mol. The van der Waals surface area contributed by atoms with Gasteiger partial charge in [-0.2, -0.15) is 5.10 Å². The number of phenols is 4. The van der Waals surface area contributed by atoms with Crippen molar-refractivity contribution in [2.24, 2.45) is 12.8 Å². The molecule has 0 saturated carbocycles. The maximum absolute atomic E-state index is 12.7. The van der Waals surface area contributed by atoms with Crippen LogP contribution in [0.2, 0.25) is 0 Å². The fourth-order valence-electron chi connectivity index (χ4n) is 7.46. The lowest BCUT2D eigenvalue weighted by Gasteiger charge is -2.47. The summed E-state index contributed by atoms with van der Waals surface area (Å²) in [6.07, 6.45) is 6.34. The van der Waals surface area contributed by atoms with Gasteiger partial charge in [0.2, 0.25) is 11.2 Å². The SMILES string of the molecule is CN1[C@@H]2CCC[C@H]1C[C@@H](NC(=O)c1nn(C)c3ccccc13)C2.NC(Cc1ccccc1)C(=O)O.O=c1c(O)c(-c2ccc(O)c(O)c2)oc2cc(O)cc(O)c12. The summed E-state index contributed by atoms with van der Waals surface area (Å²) in [7, 11) is 4.12. The Balaban J connectivity index is 0.000000152. The number of carboxylic acid groups (broad SMARTS) is 1. The zero-order chi connectivity index (χ0) is 41.0. The van der Waals surface area contributed by atoms with Gasteiger partial charge in [-0.1, -0.05) is 55.0 Å². The molecule has 1 unspecified atom stereocenters. The molecule has 8 rings (SSSR count). The van der Waals surface area contributed by atoms with Crippen molar-refractivity contribution < 1.29 is 44.6 Å². The lowest BCUT2D eigenvalue weighted by atomic mass is 9.82. The smallest absolute Gasteiger partial charge is 0.320 e. The van der Waals surface area contributed by atoms with Gasteiger partial charge in [0.25, 0.3) is 5.91 Å². The molecule has 4 aromatic carbocycles. The first-order valence-corrected chi connectivity index (χ1v) is 18.4. The zero-order valence-electron chi connectivity index (χ0n) is 31.4. The third-order valence-electron chi connectivity index (χ3n) is 10.4. The van der Waals surface area contributed by atoms with Gasteiger partial charge in [-0.25, -0.2) is 0 Å². The number of hydrogen-bond donors (Lipinski definition) is 8. The Hall–Kier alpha value is -6.58. The van der Waals surface area contributed by atoms with Crippen LogP contribution < -0.4 is 16.5 Å². The topological polar surface area (TPSA) is 245 Å². The highest BCUT2D eigenvalue weighted by Gasteiger charge is 2.37. The molecule has 2 saturated heterocycles. The summed E-state index contributed by atoms with van der Waals surface area (Å²) in [4.78, 5) is 37.8. The highest BCUT2D eigenvalue weighted by Crippen LogP contribution is 2.38. The molecule has 0 aliphatic carbocycles. The normalized spacial score (nSPS) is 18.1. The number of amides is 1. The predicted octanol–water partition coefficient (Wildman–Crippen LogP) is 4.95. The van der Waals surface area contributed by atoms with Gasteiger partial charge in [-0.3, -0.25) is 19.1 Å². The summed E-state index contributed by atoms with van der Waals surface area (Å²) in [5.41, 5.74) is 6.96. The van der Waals surface area contributed by atoms with Crippen LogP contribution in [0.15, 0.2) is 94.1 Å².